The van der Waals surface area contributed by atoms with E-state index in [1.807, 2.05) is 5.32 Å². The van der Waals surface area contributed by atoms with Crippen molar-refractivity contribution in [3.8, 4) is 0 Å². The third-order valence-electron chi connectivity index (χ3n) is 2.00. The number of rotatable bonds is 7. The van der Waals surface area contributed by atoms with E-state index in [1.54, 1.807) is 6.92 Å². The highest BCUT2D eigenvalue weighted by Crippen LogP contribution is 1.93. The number of aliphatic carboxylic acids is 1. The monoisotopic (exact) mass is 275 g/mol. The molecule has 1 unspecified atom stereocenters. The van der Waals surface area contributed by atoms with Crippen LogP contribution in [0, 0.1) is 0 Å². The molecule has 0 aliphatic rings. The largest absolute Gasteiger partial charge is 0.480 e. The van der Waals surface area contributed by atoms with Gasteiger partial charge in [0, 0.05) is 0 Å². The molecule has 0 aromatic carbocycles. The molecule has 3 amide bonds. The number of carbonyl (C=O) groups excluding carboxylic acids is 3. The molecule has 19 heavy (non-hydrogen) atoms. The standard InChI is InChI=1S/C10H17N3O6/c1-3-19-9(17)5(2)12-10(18)13-6(8(15)16)4-7(11)14/h5-6H,3-4H2,1-2H3,(H2,11,14)(H,15,16)(H2,12,13,18)/t5?,6-/m1/s1. The number of urea groups is 1. The lowest BCUT2D eigenvalue weighted by molar-refractivity contribution is -0.144. The summed E-state index contributed by atoms with van der Waals surface area (Å²) in [6.07, 6.45) is -0.545. The van der Waals surface area contributed by atoms with Crippen LogP contribution in [0.2, 0.25) is 0 Å². The van der Waals surface area contributed by atoms with Gasteiger partial charge in [-0.3, -0.25) is 4.79 Å². The number of hydrogen-bond donors (Lipinski definition) is 4. The zero-order chi connectivity index (χ0) is 15.0. The molecule has 5 N–H and O–H groups in total. The van der Waals surface area contributed by atoms with Crippen LogP contribution in [0.3, 0.4) is 0 Å². The fourth-order valence-electron chi connectivity index (χ4n) is 1.12. The molecule has 0 fully saturated rings. The Labute approximate surface area is 109 Å². The SMILES string of the molecule is CCOC(=O)C(C)NC(=O)N[C@H](CC(N)=O)C(=O)O. The number of carboxylic acid groups (broad SMARTS) is 1. The molecule has 0 saturated heterocycles. The van der Waals surface area contributed by atoms with Gasteiger partial charge in [0.2, 0.25) is 5.91 Å². The number of carbonyl (C=O) groups is 4. The van der Waals surface area contributed by atoms with Gasteiger partial charge in [0.25, 0.3) is 0 Å². The van der Waals surface area contributed by atoms with Gasteiger partial charge in [-0.15, -0.1) is 0 Å². The summed E-state index contributed by atoms with van der Waals surface area (Å²) in [6.45, 7) is 3.14. The number of nitrogens with two attached hydrogens (primary N) is 1. The minimum absolute atomic E-state index is 0.159. The van der Waals surface area contributed by atoms with Crippen LogP contribution in [0.25, 0.3) is 0 Å². The molecule has 0 saturated carbocycles. The summed E-state index contributed by atoms with van der Waals surface area (Å²) in [4.78, 5) is 44.0. The lowest BCUT2D eigenvalue weighted by Gasteiger charge is -2.16. The van der Waals surface area contributed by atoms with E-state index in [0.29, 0.717) is 0 Å². The van der Waals surface area contributed by atoms with Crippen LogP contribution < -0.4 is 16.4 Å². The van der Waals surface area contributed by atoms with E-state index in [2.05, 4.69) is 10.1 Å². The Morgan fingerprint density at radius 2 is 1.84 bits per heavy atom. The van der Waals surface area contributed by atoms with E-state index in [4.69, 9.17) is 10.8 Å². The van der Waals surface area contributed by atoms with Gasteiger partial charge in [-0.2, -0.15) is 0 Å². The van der Waals surface area contributed by atoms with Gasteiger partial charge < -0.3 is 26.2 Å². The van der Waals surface area contributed by atoms with Crippen LogP contribution in [0.1, 0.15) is 20.3 Å². The van der Waals surface area contributed by atoms with Crippen LogP contribution in [-0.4, -0.2) is 47.7 Å². The van der Waals surface area contributed by atoms with E-state index in [0.717, 1.165) is 0 Å². The molecule has 0 aliphatic heterocycles. The average molecular weight is 275 g/mol. The first kappa shape index (κ1) is 16.7. The lowest BCUT2D eigenvalue weighted by Crippen LogP contribution is -2.51. The molecular weight excluding hydrogens is 258 g/mol. The third kappa shape index (κ3) is 6.86. The second-order valence-corrected chi connectivity index (χ2v) is 3.65. The fourth-order valence-corrected chi connectivity index (χ4v) is 1.12. The highest BCUT2D eigenvalue weighted by Gasteiger charge is 2.24. The zero-order valence-corrected chi connectivity index (χ0v) is 10.6. The number of carboxylic acids is 1. The van der Waals surface area contributed by atoms with Crippen molar-refractivity contribution in [1.82, 2.24) is 10.6 Å². The summed E-state index contributed by atoms with van der Waals surface area (Å²) >= 11 is 0. The van der Waals surface area contributed by atoms with Gasteiger partial charge in [-0.1, -0.05) is 0 Å². The predicted octanol–water partition coefficient (Wildman–Crippen LogP) is -1.43. The minimum Gasteiger partial charge on any atom is -0.480 e. The fraction of sp³-hybridized carbons (Fsp3) is 0.600. The topological polar surface area (TPSA) is 148 Å². The molecule has 0 aromatic heterocycles. The van der Waals surface area contributed by atoms with Crippen LogP contribution >= 0.6 is 0 Å². The Balaban J connectivity index is 4.37. The molecule has 108 valence electrons. The molecule has 9 heteroatoms. The zero-order valence-electron chi connectivity index (χ0n) is 10.6. The Morgan fingerprint density at radius 3 is 2.26 bits per heavy atom. The molecule has 0 radical (unpaired) electrons. The van der Waals surface area contributed by atoms with E-state index in [-0.39, 0.29) is 6.61 Å². The minimum atomic E-state index is -1.45. The van der Waals surface area contributed by atoms with E-state index in [9.17, 15) is 19.2 Å². The highest BCUT2D eigenvalue weighted by atomic mass is 16.5. The van der Waals surface area contributed by atoms with Gasteiger partial charge in [0.1, 0.15) is 12.1 Å². The quantitative estimate of drug-likeness (QED) is 0.418. The maximum atomic E-state index is 11.4. The van der Waals surface area contributed by atoms with Crippen molar-refractivity contribution in [3.63, 3.8) is 0 Å². The second-order valence-electron chi connectivity index (χ2n) is 3.65. The molecular formula is C10H17N3O6. The summed E-state index contributed by atoms with van der Waals surface area (Å²) < 4.78 is 4.65. The maximum absolute atomic E-state index is 11.4. The highest BCUT2D eigenvalue weighted by molar-refractivity contribution is 5.89. The van der Waals surface area contributed by atoms with E-state index < -0.39 is 42.4 Å². The Hall–Kier alpha value is -2.32. The number of hydrogen-bond acceptors (Lipinski definition) is 5. The van der Waals surface area contributed by atoms with Gasteiger partial charge in [0.05, 0.1) is 13.0 Å². The molecule has 0 bridgehead atoms. The van der Waals surface area contributed by atoms with Crippen molar-refractivity contribution in [3.05, 3.63) is 0 Å². The second kappa shape index (κ2) is 7.90. The summed E-state index contributed by atoms with van der Waals surface area (Å²) in [7, 11) is 0. The molecule has 0 rings (SSSR count). The van der Waals surface area contributed by atoms with E-state index in [1.165, 1.54) is 6.92 Å². The predicted molar refractivity (Wildman–Crippen MR) is 63.0 cm³/mol. The van der Waals surface area contributed by atoms with Crippen molar-refractivity contribution in [2.45, 2.75) is 32.4 Å². The van der Waals surface area contributed by atoms with Crippen LogP contribution in [0.5, 0.6) is 0 Å². The van der Waals surface area contributed by atoms with Crippen molar-refractivity contribution in [1.29, 1.82) is 0 Å². The van der Waals surface area contributed by atoms with Crippen LogP contribution in [0.15, 0.2) is 0 Å². The Kier molecular flexibility index (Phi) is 6.94. The molecule has 9 nitrogen and oxygen atoms in total. The molecule has 0 heterocycles. The maximum Gasteiger partial charge on any atom is 0.328 e. The summed E-state index contributed by atoms with van der Waals surface area (Å²) in [6, 6.07) is -3.30. The van der Waals surface area contributed by atoms with Crippen molar-refractivity contribution >= 4 is 23.9 Å². The first-order valence-electron chi connectivity index (χ1n) is 5.52. The summed E-state index contributed by atoms with van der Waals surface area (Å²) in [5.41, 5.74) is 4.85. The molecule has 0 aliphatic carbocycles. The molecule has 0 aromatic rings. The first-order valence-corrected chi connectivity index (χ1v) is 5.52. The van der Waals surface area contributed by atoms with Crippen molar-refractivity contribution < 1.29 is 29.0 Å². The van der Waals surface area contributed by atoms with Crippen LogP contribution in [-0.2, 0) is 19.1 Å². The lowest BCUT2D eigenvalue weighted by atomic mass is 10.2. The number of esters is 1. The third-order valence-corrected chi connectivity index (χ3v) is 2.00. The number of primary amides is 1. The Morgan fingerprint density at radius 1 is 1.26 bits per heavy atom. The molecule has 2 atom stereocenters. The first-order chi connectivity index (χ1) is 8.77. The summed E-state index contributed by atoms with van der Waals surface area (Å²) in [5.74, 6) is -2.93. The number of nitrogens with one attached hydrogen (secondary N) is 2. The molecule has 0 spiro atoms. The van der Waals surface area contributed by atoms with Gasteiger partial charge in [-0.05, 0) is 13.8 Å². The van der Waals surface area contributed by atoms with E-state index >= 15 is 0 Å². The number of amides is 3. The summed E-state index contributed by atoms with van der Waals surface area (Å²) in [5, 5.41) is 13.0. The average Bonchev–Trinajstić information content (AvgIpc) is 2.27. The van der Waals surface area contributed by atoms with Crippen molar-refractivity contribution in [2.24, 2.45) is 5.73 Å². The van der Waals surface area contributed by atoms with Crippen molar-refractivity contribution in [2.75, 3.05) is 6.61 Å². The normalized spacial score (nSPS) is 12.9. The number of ether oxygens (including phenoxy) is 1. The van der Waals surface area contributed by atoms with Crippen LogP contribution in [0.4, 0.5) is 4.79 Å². The van der Waals surface area contributed by atoms with Gasteiger partial charge in [-0.25, -0.2) is 14.4 Å². The van der Waals surface area contributed by atoms with Gasteiger partial charge >= 0.3 is 18.0 Å². The smallest absolute Gasteiger partial charge is 0.328 e. The Bertz CT molecular complexity index is 370. The van der Waals surface area contributed by atoms with Gasteiger partial charge in [0.15, 0.2) is 0 Å².